The molecule has 1 fully saturated rings. The standard InChI is InChI=1S/C20H32N2O2.ClH/c1-5-6-7-14-12-22-13(2)8-15-9-19(23-3)20(24-4)10-16(15)18(22)11-17(14)21;/h9-10,13-14,17-18H,5-8,11-12,21H2,1-4H3;1H/t13?,14-,17?,18-;/m1./s1. The quantitative estimate of drug-likeness (QED) is 0.854. The SMILES string of the molecule is CCCC[C@@H]1CN2C(C)Cc3cc(OC)c(OC)cc3[C@H]2CC1N.Cl. The van der Waals surface area contributed by atoms with Crippen LogP contribution in [0, 0.1) is 5.92 Å². The van der Waals surface area contributed by atoms with Crippen molar-refractivity contribution in [2.24, 2.45) is 11.7 Å². The molecule has 1 aromatic carbocycles. The van der Waals surface area contributed by atoms with Crippen LogP contribution in [-0.2, 0) is 6.42 Å². The van der Waals surface area contributed by atoms with Crippen LogP contribution in [0.4, 0.5) is 0 Å². The van der Waals surface area contributed by atoms with E-state index in [9.17, 15) is 0 Å². The topological polar surface area (TPSA) is 47.7 Å². The maximum absolute atomic E-state index is 6.57. The van der Waals surface area contributed by atoms with E-state index in [1.165, 1.54) is 30.4 Å². The average molecular weight is 369 g/mol. The summed E-state index contributed by atoms with van der Waals surface area (Å²) in [4.78, 5) is 2.68. The fraction of sp³-hybridized carbons (Fsp3) is 0.700. The summed E-state index contributed by atoms with van der Waals surface area (Å²) in [6, 6.07) is 5.60. The van der Waals surface area contributed by atoms with Crippen LogP contribution in [0.1, 0.15) is 56.7 Å². The molecule has 4 nitrogen and oxygen atoms in total. The van der Waals surface area contributed by atoms with E-state index >= 15 is 0 Å². The van der Waals surface area contributed by atoms with Crippen molar-refractivity contribution in [3.8, 4) is 11.5 Å². The number of hydrogen-bond donors (Lipinski definition) is 1. The highest BCUT2D eigenvalue weighted by molar-refractivity contribution is 5.85. The van der Waals surface area contributed by atoms with Gasteiger partial charge in [-0.2, -0.15) is 0 Å². The lowest BCUT2D eigenvalue weighted by Gasteiger charge is -2.49. The van der Waals surface area contributed by atoms with E-state index < -0.39 is 0 Å². The maximum atomic E-state index is 6.57. The molecule has 3 rings (SSSR count). The Kier molecular flexibility index (Phi) is 7.01. The molecule has 0 radical (unpaired) electrons. The van der Waals surface area contributed by atoms with Gasteiger partial charge in [0.25, 0.3) is 0 Å². The van der Waals surface area contributed by atoms with Gasteiger partial charge in [-0.3, -0.25) is 4.90 Å². The highest BCUT2D eigenvalue weighted by atomic mass is 35.5. The van der Waals surface area contributed by atoms with Crippen LogP contribution in [0.2, 0.25) is 0 Å². The second kappa shape index (κ2) is 8.61. The Morgan fingerprint density at radius 3 is 2.52 bits per heavy atom. The molecule has 0 saturated carbocycles. The Morgan fingerprint density at radius 1 is 1.20 bits per heavy atom. The molecule has 0 bridgehead atoms. The summed E-state index contributed by atoms with van der Waals surface area (Å²) in [7, 11) is 3.42. The molecule has 2 unspecified atom stereocenters. The predicted octanol–water partition coefficient (Wildman–Crippen LogP) is 3.95. The number of benzene rings is 1. The van der Waals surface area contributed by atoms with Gasteiger partial charge in [0.15, 0.2) is 11.5 Å². The van der Waals surface area contributed by atoms with E-state index in [2.05, 4.69) is 30.9 Å². The van der Waals surface area contributed by atoms with Crippen LogP contribution in [0.5, 0.6) is 11.5 Å². The van der Waals surface area contributed by atoms with Crippen molar-refractivity contribution < 1.29 is 9.47 Å². The summed E-state index contributed by atoms with van der Waals surface area (Å²) in [5.74, 6) is 2.29. The van der Waals surface area contributed by atoms with Gasteiger partial charge < -0.3 is 15.2 Å². The number of unbranched alkanes of at least 4 members (excludes halogenated alkanes) is 1. The van der Waals surface area contributed by atoms with Gasteiger partial charge in [0.05, 0.1) is 14.2 Å². The number of hydrogen-bond acceptors (Lipinski definition) is 4. The minimum absolute atomic E-state index is 0. The number of nitrogens with zero attached hydrogens (tertiary/aromatic N) is 1. The van der Waals surface area contributed by atoms with Gasteiger partial charge in [-0.15, -0.1) is 12.4 Å². The molecule has 0 spiro atoms. The van der Waals surface area contributed by atoms with Crippen molar-refractivity contribution in [3.63, 3.8) is 0 Å². The molecule has 0 aromatic heterocycles. The van der Waals surface area contributed by atoms with Crippen LogP contribution < -0.4 is 15.2 Å². The number of fused-ring (bicyclic) bond motifs is 3. The molecule has 142 valence electrons. The first-order chi connectivity index (χ1) is 11.6. The van der Waals surface area contributed by atoms with Gasteiger partial charge in [0.1, 0.15) is 0 Å². The third-order valence-electron chi connectivity index (χ3n) is 5.96. The normalized spacial score (nSPS) is 28.5. The summed E-state index contributed by atoms with van der Waals surface area (Å²) in [5.41, 5.74) is 9.35. The number of ether oxygens (including phenoxy) is 2. The second-order valence-corrected chi connectivity index (χ2v) is 7.47. The summed E-state index contributed by atoms with van der Waals surface area (Å²) >= 11 is 0. The smallest absolute Gasteiger partial charge is 0.161 e. The first kappa shape index (κ1) is 20.3. The lowest BCUT2D eigenvalue weighted by Crippen LogP contribution is -2.53. The summed E-state index contributed by atoms with van der Waals surface area (Å²) < 4.78 is 11.0. The second-order valence-electron chi connectivity index (χ2n) is 7.47. The third kappa shape index (κ3) is 3.91. The predicted molar refractivity (Wildman–Crippen MR) is 105 cm³/mol. The molecular weight excluding hydrogens is 336 g/mol. The molecule has 2 heterocycles. The number of methoxy groups -OCH3 is 2. The van der Waals surface area contributed by atoms with E-state index in [-0.39, 0.29) is 12.4 Å². The first-order valence-electron chi connectivity index (χ1n) is 9.35. The number of halogens is 1. The molecule has 5 heteroatoms. The highest BCUT2D eigenvalue weighted by Gasteiger charge is 2.40. The van der Waals surface area contributed by atoms with Gasteiger partial charge >= 0.3 is 0 Å². The minimum atomic E-state index is 0. The molecule has 1 saturated heterocycles. The number of piperidine rings is 1. The van der Waals surface area contributed by atoms with Gasteiger partial charge in [-0.25, -0.2) is 0 Å². The van der Waals surface area contributed by atoms with E-state index in [0.29, 0.717) is 24.0 Å². The van der Waals surface area contributed by atoms with Crippen molar-refractivity contribution in [2.75, 3.05) is 20.8 Å². The summed E-state index contributed by atoms with van der Waals surface area (Å²) in [6.45, 7) is 5.73. The Bertz CT molecular complexity index is 581. The van der Waals surface area contributed by atoms with Gasteiger partial charge in [0.2, 0.25) is 0 Å². The average Bonchev–Trinajstić information content (AvgIpc) is 2.59. The molecular formula is C20H33ClN2O2. The van der Waals surface area contributed by atoms with E-state index in [4.69, 9.17) is 15.2 Å². The molecule has 25 heavy (non-hydrogen) atoms. The van der Waals surface area contributed by atoms with Crippen molar-refractivity contribution >= 4 is 12.4 Å². The lowest BCUT2D eigenvalue weighted by molar-refractivity contribution is 0.0423. The molecule has 2 aliphatic heterocycles. The Balaban J connectivity index is 0.00000225. The van der Waals surface area contributed by atoms with Crippen molar-refractivity contribution in [2.45, 2.75) is 64.1 Å². The van der Waals surface area contributed by atoms with E-state index in [1.54, 1.807) is 14.2 Å². The Labute approximate surface area is 158 Å². The summed E-state index contributed by atoms with van der Waals surface area (Å²) in [5, 5.41) is 0. The van der Waals surface area contributed by atoms with E-state index in [1.807, 2.05) is 0 Å². The number of nitrogens with two attached hydrogens (primary N) is 1. The molecule has 2 N–H and O–H groups in total. The zero-order valence-corrected chi connectivity index (χ0v) is 16.8. The molecule has 1 aromatic rings. The van der Waals surface area contributed by atoms with Crippen LogP contribution in [-0.4, -0.2) is 37.7 Å². The van der Waals surface area contributed by atoms with Crippen molar-refractivity contribution in [1.29, 1.82) is 0 Å². The van der Waals surface area contributed by atoms with Gasteiger partial charge in [-0.1, -0.05) is 19.8 Å². The van der Waals surface area contributed by atoms with Crippen LogP contribution >= 0.6 is 12.4 Å². The fourth-order valence-electron chi connectivity index (χ4n) is 4.54. The third-order valence-corrected chi connectivity index (χ3v) is 5.96. The van der Waals surface area contributed by atoms with Crippen molar-refractivity contribution in [3.05, 3.63) is 23.3 Å². The highest BCUT2D eigenvalue weighted by Crippen LogP contribution is 2.44. The van der Waals surface area contributed by atoms with Gasteiger partial charge in [-0.05, 0) is 55.4 Å². The Hall–Kier alpha value is -0.970. The monoisotopic (exact) mass is 368 g/mol. The molecule has 0 aliphatic carbocycles. The minimum Gasteiger partial charge on any atom is -0.493 e. The first-order valence-corrected chi connectivity index (χ1v) is 9.35. The van der Waals surface area contributed by atoms with Gasteiger partial charge in [0, 0.05) is 24.7 Å². The number of rotatable bonds is 5. The fourth-order valence-corrected chi connectivity index (χ4v) is 4.54. The van der Waals surface area contributed by atoms with E-state index in [0.717, 1.165) is 30.9 Å². The van der Waals surface area contributed by atoms with Crippen LogP contribution in [0.3, 0.4) is 0 Å². The Morgan fingerprint density at radius 2 is 1.88 bits per heavy atom. The lowest BCUT2D eigenvalue weighted by atomic mass is 9.77. The summed E-state index contributed by atoms with van der Waals surface area (Å²) in [6.07, 6.45) is 5.91. The zero-order chi connectivity index (χ0) is 17.3. The molecule has 4 atom stereocenters. The largest absolute Gasteiger partial charge is 0.493 e. The molecule has 0 amide bonds. The van der Waals surface area contributed by atoms with Crippen LogP contribution in [0.15, 0.2) is 12.1 Å². The maximum Gasteiger partial charge on any atom is 0.161 e. The molecule has 2 aliphatic rings. The van der Waals surface area contributed by atoms with Crippen molar-refractivity contribution in [1.82, 2.24) is 4.90 Å². The zero-order valence-electron chi connectivity index (χ0n) is 16.0. The van der Waals surface area contributed by atoms with Crippen LogP contribution in [0.25, 0.3) is 0 Å².